The maximum atomic E-state index is 14.1. The lowest BCUT2D eigenvalue weighted by atomic mass is 9.74. The summed E-state index contributed by atoms with van der Waals surface area (Å²) >= 11 is 6.19. The second kappa shape index (κ2) is 7.60. The predicted octanol–water partition coefficient (Wildman–Crippen LogP) is 6.11. The predicted molar refractivity (Wildman–Crippen MR) is 119 cm³/mol. The third kappa shape index (κ3) is 3.89. The van der Waals surface area contributed by atoms with Crippen molar-refractivity contribution < 1.29 is 12.8 Å². The van der Waals surface area contributed by atoms with Crippen molar-refractivity contribution in [1.29, 1.82) is 0 Å². The van der Waals surface area contributed by atoms with Crippen molar-refractivity contribution in [2.75, 3.05) is 10.0 Å². The zero-order valence-electron chi connectivity index (χ0n) is 16.6. The number of hydrogen-bond acceptors (Lipinski definition) is 3. The van der Waals surface area contributed by atoms with E-state index in [9.17, 15) is 12.8 Å². The molecule has 4 nitrogen and oxygen atoms in total. The van der Waals surface area contributed by atoms with Crippen LogP contribution in [0.4, 0.5) is 15.8 Å². The van der Waals surface area contributed by atoms with Gasteiger partial charge < -0.3 is 5.32 Å². The summed E-state index contributed by atoms with van der Waals surface area (Å²) in [6, 6.07) is 18.1. The fourth-order valence-electron chi connectivity index (χ4n) is 4.01. The number of benzene rings is 3. The fourth-order valence-corrected chi connectivity index (χ4v) is 5.35. The first-order valence-corrected chi connectivity index (χ1v) is 11.5. The number of para-hydroxylation sites is 1. The van der Waals surface area contributed by atoms with E-state index < -0.39 is 15.8 Å². The summed E-state index contributed by atoms with van der Waals surface area (Å²) in [6.45, 7) is 4.28. The van der Waals surface area contributed by atoms with Crippen molar-refractivity contribution in [1.82, 2.24) is 0 Å². The molecule has 4 rings (SSSR count). The second-order valence-electron chi connectivity index (χ2n) is 8.10. The fraction of sp³-hybridized carbons (Fsp3) is 0.217. The molecule has 1 atom stereocenters. The maximum absolute atomic E-state index is 14.1. The molecule has 0 radical (unpaired) electrons. The number of halogens is 2. The van der Waals surface area contributed by atoms with E-state index in [0.717, 1.165) is 29.3 Å². The van der Waals surface area contributed by atoms with Gasteiger partial charge in [0, 0.05) is 10.7 Å². The van der Waals surface area contributed by atoms with Gasteiger partial charge in [0.25, 0.3) is 10.0 Å². The van der Waals surface area contributed by atoms with Gasteiger partial charge in [-0.2, -0.15) is 0 Å². The summed E-state index contributed by atoms with van der Waals surface area (Å²) in [4.78, 5) is -0.378. The Morgan fingerprint density at radius 1 is 1.07 bits per heavy atom. The Morgan fingerprint density at radius 3 is 2.53 bits per heavy atom. The van der Waals surface area contributed by atoms with Crippen molar-refractivity contribution in [3.63, 3.8) is 0 Å². The molecule has 3 aromatic rings. The van der Waals surface area contributed by atoms with Crippen LogP contribution in [0.2, 0.25) is 5.02 Å². The number of sulfonamides is 1. The van der Waals surface area contributed by atoms with E-state index in [4.69, 9.17) is 11.6 Å². The number of anilines is 2. The van der Waals surface area contributed by atoms with E-state index in [1.807, 2.05) is 30.3 Å². The van der Waals surface area contributed by atoms with Crippen LogP contribution < -0.4 is 10.0 Å². The van der Waals surface area contributed by atoms with E-state index in [1.54, 1.807) is 12.1 Å². The smallest absolute Gasteiger partial charge is 0.264 e. The average molecular weight is 445 g/mol. The molecule has 30 heavy (non-hydrogen) atoms. The molecule has 0 amide bonds. The highest BCUT2D eigenvalue weighted by Crippen LogP contribution is 2.46. The SMILES string of the molecule is CC1(C)CC(c2ccccc2NS(=O)(=O)c2ccccc2F)Nc2ccc(Cl)cc21. The number of fused-ring (bicyclic) bond motifs is 1. The molecule has 1 unspecified atom stereocenters. The van der Waals surface area contributed by atoms with Crippen molar-refractivity contribution >= 4 is 33.0 Å². The molecule has 1 aliphatic heterocycles. The summed E-state index contributed by atoms with van der Waals surface area (Å²) < 4.78 is 42.3. The first kappa shape index (κ1) is 20.7. The number of nitrogens with one attached hydrogen (secondary N) is 2. The van der Waals surface area contributed by atoms with Crippen LogP contribution in [0, 0.1) is 5.82 Å². The quantitative estimate of drug-likeness (QED) is 0.510. The Labute approximate surface area is 181 Å². The second-order valence-corrected chi connectivity index (χ2v) is 10.2. The van der Waals surface area contributed by atoms with Gasteiger partial charge in [0.1, 0.15) is 10.7 Å². The van der Waals surface area contributed by atoms with Crippen molar-refractivity contribution in [2.24, 2.45) is 0 Å². The Hall–Kier alpha value is -2.57. The molecule has 0 aromatic heterocycles. The van der Waals surface area contributed by atoms with Crippen molar-refractivity contribution in [2.45, 2.75) is 36.6 Å². The van der Waals surface area contributed by atoms with Gasteiger partial charge in [-0.15, -0.1) is 0 Å². The van der Waals surface area contributed by atoms with Crippen LogP contribution in [0.1, 0.15) is 37.4 Å². The average Bonchev–Trinajstić information content (AvgIpc) is 2.68. The van der Waals surface area contributed by atoms with E-state index >= 15 is 0 Å². The Bertz CT molecular complexity index is 1210. The Morgan fingerprint density at radius 2 is 1.77 bits per heavy atom. The minimum Gasteiger partial charge on any atom is -0.378 e. The van der Waals surface area contributed by atoms with Crippen molar-refractivity contribution in [3.05, 3.63) is 88.7 Å². The molecule has 0 bridgehead atoms. The molecule has 0 fully saturated rings. The van der Waals surface area contributed by atoms with Crippen LogP contribution in [-0.4, -0.2) is 8.42 Å². The maximum Gasteiger partial charge on any atom is 0.264 e. The van der Waals surface area contributed by atoms with Gasteiger partial charge in [-0.3, -0.25) is 4.72 Å². The highest BCUT2D eigenvalue weighted by atomic mass is 35.5. The molecule has 3 aromatic carbocycles. The Kier molecular flexibility index (Phi) is 5.24. The zero-order chi connectivity index (χ0) is 21.5. The summed E-state index contributed by atoms with van der Waals surface area (Å²) in [5, 5.41) is 4.19. The molecule has 0 aliphatic carbocycles. The number of hydrogen-bond donors (Lipinski definition) is 2. The highest BCUT2D eigenvalue weighted by molar-refractivity contribution is 7.92. The largest absolute Gasteiger partial charge is 0.378 e. The first-order chi connectivity index (χ1) is 14.2. The first-order valence-electron chi connectivity index (χ1n) is 9.60. The van der Waals surface area contributed by atoms with Crippen LogP contribution in [-0.2, 0) is 15.4 Å². The molecule has 1 aliphatic rings. The minimum absolute atomic E-state index is 0.131. The van der Waals surface area contributed by atoms with Gasteiger partial charge in [-0.1, -0.05) is 55.8 Å². The molecular weight excluding hydrogens is 423 g/mol. The summed E-state index contributed by atoms with van der Waals surface area (Å²) in [5.41, 5.74) is 3.13. The standard InChI is InChI=1S/C23H22ClFN2O2S/c1-23(2)14-21(26-20-12-11-15(24)13-17(20)23)16-7-3-5-9-19(16)27-30(28,29)22-10-6-4-8-18(22)25/h3-13,21,26-27H,14H2,1-2H3. The molecule has 0 saturated carbocycles. The van der Waals surface area contributed by atoms with Crippen LogP contribution in [0.15, 0.2) is 71.6 Å². The molecule has 0 saturated heterocycles. The monoisotopic (exact) mass is 444 g/mol. The number of rotatable bonds is 4. The van der Waals surface area contributed by atoms with E-state index in [0.29, 0.717) is 10.7 Å². The lowest BCUT2D eigenvalue weighted by Crippen LogP contribution is -2.31. The van der Waals surface area contributed by atoms with Crippen LogP contribution >= 0.6 is 11.6 Å². The van der Waals surface area contributed by atoms with Gasteiger partial charge in [-0.05, 0) is 59.4 Å². The Balaban J connectivity index is 1.71. The molecule has 2 N–H and O–H groups in total. The molecule has 0 spiro atoms. The normalized spacial score (nSPS) is 17.7. The van der Waals surface area contributed by atoms with Crippen LogP contribution in [0.25, 0.3) is 0 Å². The lowest BCUT2D eigenvalue weighted by Gasteiger charge is -2.39. The lowest BCUT2D eigenvalue weighted by molar-refractivity contribution is 0.428. The third-order valence-electron chi connectivity index (χ3n) is 5.46. The topological polar surface area (TPSA) is 58.2 Å². The van der Waals surface area contributed by atoms with Crippen LogP contribution in [0.3, 0.4) is 0 Å². The van der Waals surface area contributed by atoms with E-state index in [2.05, 4.69) is 23.9 Å². The summed E-state index contributed by atoms with van der Waals surface area (Å²) in [5.74, 6) is -0.787. The summed E-state index contributed by atoms with van der Waals surface area (Å²) in [6.07, 6.45) is 0.735. The minimum atomic E-state index is -4.07. The molecule has 1 heterocycles. The van der Waals surface area contributed by atoms with E-state index in [1.165, 1.54) is 18.2 Å². The van der Waals surface area contributed by atoms with Gasteiger partial charge in [0.2, 0.25) is 0 Å². The van der Waals surface area contributed by atoms with Gasteiger partial charge >= 0.3 is 0 Å². The highest BCUT2D eigenvalue weighted by Gasteiger charge is 2.34. The molecule has 156 valence electrons. The van der Waals surface area contributed by atoms with Gasteiger partial charge in [-0.25, -0.2) is 12.8 Å². The van der Waals surface area contributed by atoms with Crippen LogP contribution in [0.5, 0.6) is 0 Å². The zero-order valence-corrected chi connectivity index (χ0v) is 18.2. The summed E-state index contributed by atoms with van der Waals surface area (Å²) in [7, 11) is -4.07. The van der Waals surface area contributed by atoms with E-state index in [-0.39, 0.29) is 16.4 Å². The molecule has 7 heteroatoms. The third-order valence-corrected chi connectivity index (χ3v) is 7.10. The molecular formula is C23H22ClFN2O2S. The van der Waals surface area contributed by atoms with Gasteiger partial charge in [0.05, 0.1) is 11.7 Å². The van der Waals surface area contributed by atoms with Crippen molar-refractivity contribution in [3.8, 4) is 0 Å². The van der Waals surface area contributed by atoms with Gasteiger partial charge in [0.15, 0.2) is 0 Å².